The zero-order valence-corrected chi connectivity index (χ0v) is 14.9. The average Bonchev–Trinajstić information content (AvgIpc) is 3.10. The van der Waals surface area contributed by atoms with Gasteiger partial charge >= 0.3 is 5.97 Å². The van der Waals surface area contributed by atoms with E-state index in [1.54, 1.807) is 18.2 Å². The molecule has 140 valence electrons. The minimum Gasteiger partial charge on any atom is -0.490 e. The minimum absolute atomic E-state index is 0.0881. The van der Waals surface area contributed by atoms with Gasteiger partial charge in [-0.3, -0.25) is 4.79 Å². The molecule has 0 aliphatic rings. The van der Waals surface area contributed by atoms with Crippen molar-refractivity contribution in [1.82, 2.24) is 5.32 Å². The summed E-state index contributed by atoms with van der Waals surface area (Å²) >= 11 is 0. The Morgan fingerprint density at radius 2 is 1.92 bits per heavy atom. The van der Waals surface area contributed by atoms with Gasteiger partial charge in [0, 0.05) is 5.56 Å². The van der Waals surface area contributed by atoms with Crippen LogP contribution in [0.5, 0.6) is 11.5 Å². The largest absolute Gasteiger partial charge is 0.490 e. The molecular formula is C19H23NO6. The third-order valence-electron chi connectivity index (χ3n) is 3.56. The van der Waals surface area contributed by atoms with Crippen molar-refractivity contribution in [3.05, 3.63) is 47.4 Å². The second-order valence-corrected chi connectivity index (χ2v) is 5.55. The molecule has 0 atom stereocenters. The van der Waals surface area contributed by atoms with Crippen LogP contribution in [0.1, 0.15) is 53.4 Å². The van der Waals surface area contributed by atoms with Crippen LogP contribution in [-0.4, -0.2) is 30.2 Å². The Morgan fingerprint density at radius 1 is 1.12 bits per heavy atom. The van der Waals surface area contributed by atoms with E-state index in [-0.39, 0.29) is 18.2 Å². The minimum atomic E-state index is -1.15. The summed E-state index contributed by atoms with van der Waals surface area (Å²) in [6.45, 7) is 5.08. The number of carbonyl (C=O) groups is 2. The van der Waals surface area contributed by atoms with E-state index in [0.29, 0.717) is 36.0 Å². The summed E-state index contributed by atoms with van der Waals surface area (Å²) in [6.07, 6.45) is 1.97. The number of nitrogens with one attached hydrogen (secondary N) is 1. The summed E-state index contributed by atoms with van der Waals surface area (Å²) in [4.78, 5) is 23.1. The van der Waals surface area contributed by atoms with E-state index < -0.39 is 5.97 Å². The molecule has 1 amide bonds. The number of rotatable bonds is 10. The van der Waals surface area contributed by atoms with Crippen molar-refractivity contribution in [2.75, 3.05) is 13.2 Å². The van der Waals surface area contributed by atoms with Crippen LogP contribution in [0, 0.1) is 0 Å². The highest BCUT2D eigenvalue weighted by molar-refractivity contribution is 5.94. The number of ether oxygens (including phenoxy) is 2. The fourth-order valence-electron chi connectivity index (χ4n) is 2.22. The average molecular weight is 361 g/mol. The third kappa shape index (κ3) is 5.27. The summed E-state index contributed by atoms with van der Waals surface area (Å²) in [6, 6.07) is 7.86. The molecule has 1 heterocycles. The maximum Gasteiger partial charge on any atom is 0.371 e. The summed E-state index contributed by atoms with van der Waals surface area (Å²) < 4.78 is 16.4. The van der Waals surface area contributed by atoms with Crippen LogP contribution in [0.25, 0.3) is 0 Å². The van der Waals surface area contributed by atoms with Crippen molar-refractivity contribution < 1.29 is 28.6 Å². The first kappa shape index (κ1) is 19.4. The van der Waals surface area contributed by atoms with Crippen molar-refractivity contribution >= 4 is 11.9 Å². The maximum absolute atomic E-state index is 12.3. The van der Waals surface area contributed by atoms with E-state index in [1.807, 2.05) is 6.92 Å². The molecule has 0 saturated carbocycles. The Labute approximate surface area is 151 Å². The molecule has 0 aliphatic carbocycles. The number of amides is 1. The number of aromatic carboxylic acids is 1. The molecule has 2 aromatic rings. The number of benzene rings is 1. The number of hydrogen-bond acceptors (Lipinski definition) is 5. The van der Waals surface area contributed by atoms with Crippen LogP contribution in [0.2, 0.25) is 0 Å². The van der Waals surface area contributed by atoms with E-state index in [9.17, 15) is 9.59 Å². The number of carboxylic acids is 1. The smallest absolute Gasteiger partial charge is 0.371 e. The monoisotopic (exact) mass is 361 g/mol. The van der Waals surface area contributed by atoms with E-state index in [2.05, 4.69) is 12.2 Å². The highest BCUT2D eigenvalue weighted by Crippen LogP contribution is 2.28. The van der Waals surface area contributed by atoms with Gasteiger partial charge in [-0.1, -0.05) is 13.3 Å². The van der Waals surface area contributed by atoms with Gasteiger partial charge in [0.15, 0.2) is 11.5 Å². The molecule has 1 aromatic heterocycles. The van der Waals surface area contributed by atoms with Gasteiger partial charge in [0.05, 0.1) is 19.8 Å². The summed E-state index contributed by atoms with van der Waals surface area (Å²) in [5.41, 5.74) is 0.418. The first-order valence-corrected chi connectivity index (χ1v) is 8.55. The molecule has 0 radical (unpaired) electrons. The molecule has 7 nitrogen and oxygen atoms in total. The van der Waals surface area contributed by atoms with Crippen molar-refractivity contribution in [2.45, 2.75) is 33.2 Å². The molecule has 2 N–H and O–H groups in total. The summed E-state index contributed by atoms with van der Waals surface area (Å²) in [5, 5.41) is 11.5. The third-order valence-corrected chi connectivity index (χ3v) is 3.56. The van der Waals surface area contributed by atoms with Crippen LogP contribution in [0.15, 0.2) is 34.7 Å². The van der Waals surface area contributed by atoms with E-state index >= 15 is 0 Å². The van der Waals surface area contributed by atoms with Crippen LogP contribution in [0.4, 0.5) is 0 Å². The zero-order valence-electron chi connectivity index (χ0n) is 14.9. The van der Waals surface area contributed by atoms with Crippen LogP contribution in [0.3, 0.4) is 0 Å². The highest BCUT2D eigenvalue weighted by Gasteiger charge is 2.13. The normalized spacial score (nSPS) is 10.4. The molecule has 7 heteroatoms. The lowest BCUT2D eigenvalue weighted by atomic mass is 10.2. The van der Waals surface area contributed by atoms with Gasteiger partial charge in [-0.05, 0) is 43.7 Å². The Balaban J connectivity index is 2.02. The molecule has 0 saturated heterocycles. The van der Waals surface area contributed by atoms with E-state index in [4.69, 9.17) is 19.0 Å². The SMILES string of the molecule is CCCCOc1ccc(C(=O)NCc2ccc(C(=O)O)o2)cc1OCC. The predicted molar refractivity (Wildman–Crippen MR) is 94.9 cm³/mol. The second kappa shape index (κ2) is 9.50. The van der Waals surface area contributed by atoms with Crippen LogP contribution in [-0.2, 0) is 6.54 Å². The van der Waals surface area contributed by atoms with Crippen LogP contribution < -0.4 is 14.8 Å². The predicted octanol–water partition coefficient (Wildman–Crippen LogP) is 3.49. The Morgan fingerprint density at radius 3 is 2.58 bits per heavy atom. The van der Waals surface area contributed by atoms with E-state index in [0.717, 1.165) is 12.8 Å². The first-order valence-electron chi connectivity index (χ1n) is 8.55. The van der Waals surface area contributed by atoms with E-state index in [1.165, 1.54) is 12.1 Å². The lowest BCUT2D eigenvalue weighted by Gasteiger charge is -2.13. The zero-order chi connectivity index (χ0) is 18.9. The molecular weight excluding hydrogens is 338 g/mol. The first-order chi connectivity index (χ1) is 12.5. The number of unbranched alkanes of at least 4 members (excludes halogenated alkanes) is 1. The summed E-state index contributed by atoms with van der Waals surface area (Å²) in [7, 11) is 0. The van der Waals surface area contributed by atoms with Gasteiger partial charge in [-0.25, -0.2) is 4.79 Å². The fraction of sp³-hybridized carbons (Fsp3) is 0.368. The number of furan rings is 1. The fourth-order valence-corrected chi connectivity index (χ4v) is 2.22. The Bertz CT molecular complexity index is 752. The maximum atomic E-state index is 12.3. The molecule has 1 aromatic carbocycles. The lowest BCUT2D eigenvalue weighted by Crippen LogP contribution is -2.22. The quantitative estimate of drug-likeness (QED) is 0.629. The number of carbonyl (C=O) groups excluding carboxylic acids is 1. The lowest BCUT2D eigenvalue weighted by molar-refractivity contribution is 0.0660. The summed E-state index contributed by atoms with van der Waals surface area (Å²) in [5.74, 6) is -0.153. The van der Waals surface area contributed by atoms with Gasteiger partial charge in [-0.15, -0.1) is 0 Å². The Hall–Kier alpha value is -2.96. The molecule has 0 fully saturated rings. The molecule has 26 heavy (non-hydrogen) atoms. The molecule has 2 rings (SSSR count). The molecule has 0 aliphatic heterocycles. The second-order valence-electron chi connectivity index (χ2n) is 5.55. The standard InChI is InChI=1S/C19H23NO6/c1-3-5-10-25-15-8-6-13(11-17(15)24-4-2)18(21)20-12-14-7-9-16(26-14)19(22)23/h6-9,11H,3-5,10,12H2,1-2H3,(H,20,21)(H,22,23). The van der Waals surface area contributed by atoms with Crippen molar-refractivity contribution in [3.63, 3.8) is 0 Å². The van der Waals surface area contributed by atoms with Gasteiger partial charge in [0.25, 0.3) is 5.91 Å². The molecule has 0 bridgehead atoms. The van der Waals surface area contributed by atoms with Gasteiger partial charge in [-0.2, -0.15) is 0 Å². The van der Waals surface area contributed by atoms with Gasteiger partial charge in [0.1, 0.15) is 5.76 Å². The van der Waals surface area contributed by atoms with Crippen molar-refractivity contribution in [1.29, 1.82) is 0 Å². The molecule has 0 unspecified atom stereocenters. The van der Waals surface area contributed by atoms with Crippen molar-refractivity contribution in [2.24, 2.45) is 0 Å². The number of carboxylic acid groups (broad SMARTS) is 1. The highest BCUT2D eigenvalue weighted by atomic mass is 16.5. The Kier molecular flexibility index (Phi) is 7.08. The van der Waals surface area contributed by atoms with Gasteiger partial charge < -0.3 is 24.3 Å². The van der Waals surface area contributed by atoms with Gasteiger partial charge in [0.2, 0.25) is 5.76 Å². The van der Waals surface area contributed by atoms with Crippen LogP contribution >= 0.6 is 0 Å². The van der Waals surface area contributed by atoms with Crippen molar-refractivity contribution in [3.8, 4) is 11.5 Å². The number of hydrogen-bond donors (Lipinski definition) is 2. The topological polar surface area (TPSA) is 98.0 Å². The molecule has 0 spiro atoms.